The summed E-state index contributed by atoms with van der Waals surface area (Å²) in [6.07, 6.45) is 10.0. The van der Waals surface area contributed by atoms with Gasteiger partial charge in [0.25, 0.3) is 0 Å². The molecule has 0 aliphatic heterocycles. The zero-order valence-electron chi connectivity index (χ0n) is 39.6. The average molecular weight is 1040 g/mol. The summed E-state index contributed by atoms with van der Waals surface area (Å²) in [5.41, 5.74) is 14.2. The van der Waals surface area contributed by atoms with Crippen molar-refractivity contribution in [3.05, 3.63) is 197 Å². The second-order valence-electron chi connectivity index (χ2n) is 20.5. The Morgan fingerprint density at radius 1 is 0.444 bits per heavy atom. The van der Waals surface area contributed by atoms with Crippen molar-refractivity contribution in [1.29, 1.82) is 0 Å². The molecule has 328 valence electrons. The summed E-state index contributed by atoms with van der Waals surface area (Å²) in [5.74, 6) is 0. The molecular formula is C60H66Cl2Hf-4. The van der Waals surface area contributed by atoms with E-state index in [1.807, 2.05) is 12.2 Å². The first-order valence-electron chi connectivity index (χ1n) is 22.0. The van der Waals surface area contributed by atoms with Gasteiger partial charge in [-0.25, -0.2) is 12.2 Å². The van der Waals surface area contributed by atoms with E-state index in [4.69, 9.17) is 0 Å². The maximum Gasteiger partial charge on any atom is -1.00 e. The minimum absolute atomic E-state index is 0. The molecule has 0 bridgehead atoms. The van der Waals surface area contributed by atoms with Gasteiger partial charge in [0.2, 0.25) is 0 Å². The third-order valence-corrected chi connectivity index (χ3v) is 14.9. The molecule has 0 radical (unpaired) electrons. The number of fused-ring (bicyclic) bond motifs is 3. The number of halogens is 2. The predicted molar refractivity (Wildman–Crippen MR) is 268 cm³/mol. The van der Waals surface area contributed by atoms with Gasteiger partial charge in [-0.1, -0.05) is 117 Å². The van der Waals surface area contributed by atoms with Crippen LogP contribution in [0.2, 0.25) is 0 Å². The van der Waals surface area contributed by atoms with Crippen LogP contribution < -0.4 is 24.8 Å². The minimum Gasteiger partial charge on any atom is -1.00 e. The molecule has 0 N–H and O–H groups in total. The number of benzene rings is 6. The molecular weight excluding hydrogens is 970 g/mol. The van der Waals surface area contributed by atoms with Crippen molar-refractivity contribution >= 4 is 29.1 Å². The van der Waals surface area contributed by atoms with Crippen LogP contribution in [0.25, 0.3) is 43.8 Å². The molecule has 7 aromatic rings. The van der Waals surface area contributed by atoms with Gasteiger partial charge < -0.3 is 24.8 Å². The van der Waals surface area contributed by atoms with Crippen molar-refractivity contribution in [2.45, 2.75) is 111 Å². The minimum atomic E-state index is -0.910. The van der Waals surface area contributed by atoms with Crippen molar-refractivity contribution in [1.82, 2.24) is 0 Å². The standard InChI is InChI=1S/C29H41.2C13H10.C5H5.2ClH.Hf/c1-26(2,3)22-14-18-13-19-15-23(27(4,5)6)25(29(10,11)12)17-21(19)20(18)16-24(22)28(7,8)9;2*1-11-7-9-13(10-8-11)12-5-3-2-4-6-12;1-2-4-5-3-1;;;/h13-17H,1-12H3;2*1-10H;1-3H,4H2;2*1H;/q-1;;;-1;;;/p-2. The molecule has 0 unspecified atom stereocenters. The maximum atomic E-state index is 2.99. The van der Waals surface area contributed by atoms with Crippen LogP contribution in [-0.2, 0) is 43.6 Å². The number of rotatable bonds is 4. The molecule has 0 saturated heterocycles. The van der Waals surface area contributed by atoms with Crippen LogP contribution in [0, 0.1) is 6.08 Å². The van der Waals surface area contributed by atoms with Crippen LogP contribution in [0.3, 0.4) is 0 Å². The summed E-state index contributed by atoms with van der Waals surface area (Å²) in [7, 11) is 0. The second kappa shape index (κ2) is 21.7. The Kier molecular flexibility index (Phi) is 17.7. The van der Waals surface area contributed by atoms with Gasteiger partial charge in [-0.05, 0) is 21.7 Å². The van der Waals surface area contributed by atoms with E-state index in [1.165, 1.54) is 77.2 Å². The predicted octanol–water partition coefficient (Wildman–Crippen LogP) is 10.3. The van der Waals surface area contributed by atoms with E-state index in [1.54, 1.807) is 0 Å². The van der Waals surface area contributed by atoms with Crippen molar-refractivity contribution in [2.24, 2.45) is 0 Å². The summed E-state index contributed by atoms with van der Waals surface area (Å²) in [6, 6.07) is 51.2. The average Bonchev–Trinajstić information content (AvgIpc) is 3.92. The van der Waals surface area contributed by atoms with Gasteiger partial charge in [-0.2, -0.15) is 6.08 Å². The molecule has 0 spiro atoms. The van der Waals surface area contributed by atoms with Gasteiger partial charge in [0.1, 0.15) is 0 Å². The van der Waals surface area contributed by atoms with E-state index in [2.05, 4.69) is 242 Å². The second-order valence-corrected chi connectivity index (χ2v) is 23.8. The summed E-state index contributed by atoms with van der Waals surface area (Å²) in [5, 5.41) is 5.57. The molecule has 7 aromatic carbocycles. The molecule has 63 heavy (non-hydrogen) atoms. The molecule has 0 saturated carbocycles. The Hall–Kier alpha value is -4.14. The number of hydrogen-bond acceptors (Lipinski definition) is 0. The zero-order chi connectivity index (χ0) is 44.0. The fraction of sp³-hybridized carbons (Fsp3) is 0.283. The first-order chi connectivity index (χ1) is 28.8. The summed E-state index contributed by atoms with van der Waals surface area (Å²) in [6.45, 7) is 28.0. The van der Waals surface area contributed by atoms with Crippen molar-refractivity contribution < 1.29 is 46.8 Å². The monoisotopic (exact) mass is 1040 g/mol. The fourth-order valence-electron chi connectivity index (χ4n) is 7.97. The third-order valence-electron chi connectivity index (χ3n) is 11.3. The van der Waals surface area contributed by atoms with E-state index < -0.39 is 21.9 Å². The molecule has 0 fully saturated rings. The van der Waals surface area contributed by atoms with Crippen LogP contribution in [0.15, 0.2) is 158 Å². The zero-order valence-corrected chi connectivity index (χ0v) is 44.7. The Labute approximate surface area is 403 Å². The van der Waals surface area contributed by atoms with Crippen LogP contribution in [-0.4, -0.2) is 7.52 Å². The smallest absolute Gasteiger partial charge is 1.00 e. The molecule has 8 rings (SSSR count). The van der Waals surface area contributed by atoms with E-state index in [-0.39, 0.29) is 46.5 Å². The summed E-state index contributed by atoms with van der Waals surface area (Å²) in [4.78, 5) is 0. The van der Waals surface area contributed by atoms with Crippen LogP contribution in [0.4, 0.5) is 0 Å². The largest absolute Gasteiger partial charge is 1.00 e. The van der Waals surface area contributed by atoms with Crippen LogP contribution in [0.5, 0.6) is 0 Å². The van der Waals surface area contributed by atoms with Crippen molar-refractivity contribution in [3.63, 3.8) is 0 Å². The fourth-order valence-corrected chi connectivity index (χ4v) is 11.0. The van der Waals surface area contributed by atoms with Gasteiger partial charge in [0, 0.05) is 0 Å². The molecule has 1 aliphatic carbocycles. The van der Waals surface area contributed by atoms with Gasteiger partial charge in [-0.15, -0.1) is 46.2 Å². The number of hydrogen-bond donors (Lipinski definition) is 0. The van der Waals surface area contributed by atoms with Gasteiger partial charge in [0.15, 0.2) is 0 Å². The molecule has 3 heteroatoms. The number of allylic oxidation sites excluding steroid dienone is 4. The first kappa shape index (κ1) is 51.5. The Morgan fingerprint density at radius 2 is 0.778 bits per heavy atom. The quantitative estimate of drug-likeness (QED) is 0.122. The van der Waals surface area contributed by atoms with Gasteiger partial charge >= 0.3 is 172 Å². The first-order valence-corrected chi connectivity index (χ1v) is 26.1. The molecule has 0 heterocycles. The third kappa shape index (κ3) is 13.7. The van der Waals surface area contributed by atoms with E-state index >= 15 is 0 Å². The topological polar surface area (TPSA) is 0 Å². The van der Waals surface area contributed by atoms with Crippen LogP contribution >= 0.6 is 0 Å². The summed E-state index contributed by atoms with van der Waals surface area (Å²) >= 11 is -0.910. The Morgan fingerprint density at radius 3 is 1.06 bits per heavy atom. The van der Waals surface area contributed by atoms with E-state index in [0.29, 0.717) is 0 Å². The molecule has 1 aliphatic rings. The SMILES string of the molecule is CC(C)(C)c1cc2[cH-]c3cc(C(C)(C)C)c(C(C)(C)C)cc3c2cc1C(C)(C)C.[C-]1=CC=CC1.[CH](=[Hf]=[CH]c1ccc(-c2ccccc2)cc1)c1ccc(-c2ccccc2)cc1.[Cl-].[Cl-]. The Bertz CT molecular complexity index is 2490. The molecule has 0 atom stereocenters. The van der Waals surface area contributed by atoms with Crippen molar-refractivity contribution in [3.8, 4) is 22.3 Å². The van der Waals surface area contributed by atoms with E-state index in [0.717, 1.165) is 6.42 Å². The molecule has 0 amide bonds. The van der Waals surface area contributed by atoms with Crippen molar-refractivity contribution in [2.75, 3.05) is 0 Å². The van der Waals surface area contributed by atoms with E-state index in [9.17, 15) is 0 Å². The normalized spacial score (nSPS) is 12.3. The Balaban J connectivity index is 0.000000242. The van der Waals surface area contributed by atoms with Gasteiger partial charge in [-0.3, -0.25) is 6.08 Å². The molecule has 0 nitrogen and oxygen atoms in total. The van der Waals surface area contributed by atoms with Crippen LogP contribution in [0.1, 0.15) is 123 Å². The summed E-state index contributed by atoms with van der Waals surface area (Å²) < 4.78 is 4.92. The van der Waals surface area contributed by atoms with Gasteiger partial charge in [0.05, 0.1) is 0 Å². The maximum absolute atomic E-state index is 2.99. The molecule has 0 aromatic heterocycles.